The van der Waals surface area contributed by atoms with E-state index in [2.05, 4.69) is 25.5 Å². The Morgan fingerprint density at radius 2 is 1.83 bits per heavy atom. The molecular formula is C8H19NO2S. The summed E-state index contributed by atoms with van der Waals surface area (Å²) in [6.07, 6.45) is 3.14. The molecule has 4 heteroatoms. The maximum atomic E-state index is 10.7. The van der Waals surface area contributed by atoms with E-state index >= 15 is 0 Å². The molecule has 0 radical (unpaired) electrons. The number of hydrogen-bond acceptors (Lipinski definition) is 2. The number of nitrogens with one attached hydrogen (secondary N) is 1. The van der Waals surface area contributed by atoms with Crippen LogP contribution in [0.5, 0.6) is 0 Å². The summed E-state index contributed by atoms with van der Waals surface area (Å²) < 4.78 is 23.9. The Hall–Kier alpha value is -0.0900. The van der Waals surface area contributed by atoms with E-state index in [1.807, 2.05) is 0 Å². The Bertz CT molecular complexity index is 219. The predicted molar refractivity (Wildman–Crippen MR) is 51.5 cm³/mol. The van der Waals surface area contributed by atoms with Gasteiger partial charge in [0.1, 0.15) is 0 Å². The van der Waals surface area contributed by atoms with Crippen molar-refractivity contribution in [2.75, 3.05) is 12.8 Å². The van der Waals surface area contributed by atoms with Crippen molar-refractivity contribution in [2.24, 2.45) is 5.41 Å². The van der Waals surface area contributed by atoms with Gasteiger partial charge in [0.2, 0.25) is 10.0 Å². The zero-order valence-electron chi connectivity index (χ0n) is 8.35. The van der Waals surface area contributed by atoms with E-state index in [0.717, 1.165) is 12.8 Å². The minimum atomic E-state index is -3.00. The quantitative estimate of drug-likeness (QED) is 0.716. The molecule has 0 saturated carbocycles. The van der Waals surface area contributed by atoms with Crippen molar-refractivity contribution in [1.82, 2.24) is 4.72 Å². The fourth-order valence-corrected chi connectivity index (χ4v) is 1.22. The summed E-state index contributed by atoms with van der Waals surface area (Å²) in [5.41, 5.74) is 0.234. The molecule has 0 atom stereocenters. The van der Waals surface area contributed by atoms with Crippen molar-refractivity contribution in [3.63, 3.8) is 0 Å². The molecule has 0 aliphatic heterocycles. The van der Waals surface area contributed by atoms with Gasteiger partial charge >= 0.3 is 0 Å². The highest BCUT2D eigenvalue weighted by molar-refractivity contribution is 7.88. The molecule has 3 nitrogen and oxygen atoms in total. The van der Waals surface area contributed by atoms with Crippen LogP contribution in [-0.4, -0.2) is 21.2 Å². The van der Waals surface area contributed by atoms with Crippen LogP contribution in [0.1, 0.15) is 33.6 Å². The summed E-state index contributed by atoms with van der Waals surface area (Å²) >= 11 is 0. The lowest BCUT2D eigenvalue weighted by Gasteiger charge is -2.21. The molecule has 12 heavy (non-hydrogen) atoms. The predicted octanol–water partition coefficient (Wildman–Crippen LogP) is 1.36. The number of sulfonamides is 1. The van der Waals surface area contributed by atoms with Gasteiger partial charge in [-0.05, 0) is 11.8 Å². The van der Waals surface area contributed by atoms with E-state index < -0.39 is 10.0 Å². The molecule has 0 fully saturated rings. The molecule has 0 aromatic heterocycles. The highest BCUT2D eigenvalue weighted by atomic mass is 32.2. The fourth-order valence-electron chi connectivity index (χ4n) is 0.752. The highest BCUT2D eigenvalue weighted by Gasteiger charge is 2.14. The topological polar surface area (TPSA) is 46.2 Å². The Morgan fingerprint density at radius 3 is 2.17 bits per heavy atom. The van der Waals surface area contributed by atoms with Gasteiger partial charge in [-0.2, -0.15) is 0 Å². The second-order valence-corrected chi connectivity index (χ2v) is 5.77. The maximum Gasteiger partial charge on any atom is 0.208 e. The Balaban J connectivity index is 3.72. The van der Waals surface area contributed by atoms with Crippen LogP contribution in [0, 0.1) is 5.41 Å². The van der Waals surface area contributed by atoms with Crippen molar-refractivity contribution in [3.05, 3.63) is 0 Å². The first-order chi connectivity index (χ1) is 5.27. The molecule has 0 heterocycles. The van der Waals surface area contributed by atoms with Gasteiger partial charge in [0, 0.05) is 6.54 Å². The zero-order chi connectivity index (χ0) is 9.83. The smallest absolute Gasteiger partial charge is 0.208 e. The molecule has 0 aliphatic rings. The largest absolute Gasteiger partial charge is 0.215 e. The van der Waals surface area contributed by atoms with Crippen LogP contribution >= 0.6 is 0 Å². The van der Waals surface area contributed by atoms with Gasteiger partial charge in [-0.15, -0.1) is 0 Å². The van der Waals surface area contributed by atoms with E-state index in [0.29, 0.717) is 6.54 Å². The van der Waals surface area contributed by atoms with Gasteiger partial charge in [-0.1, -0.05) is 27.2 Å². The first-order valence-corrected chi connectivity index (χ1v) is 6.10. The van der Waals surface area contributed by atoms with E-state index in [1.165, 1.54) is 6.26 Å². The molecule has 0 aromatic carbocycles. The Kier molecular flexibility index (Phi) is 4.20. The van der Waals surface area contributed by atoms with Crippen LogP contribution in [0.4, 0.5) is 0 Å². The molecule has 74 valence electrons. The number of hydrogen-bond donors (Lipinski definition) is 1. The molecule has 0 saturated heterocycles. The summed E-state index contributed by atoms with van der Waals surface area (Å²) in [5.74, 6) is 0. The van der Waals surface area contributed by atoms with Crippen LogP contribution in [-0.2, 0) is 10.0 Å². The molecular weight excluding hydrogens is 174 g/mol. The standard InChI is InChI=1S/C8H19NO2S/c1-5-8(2,3)6-7-9-12(4,10)11/h9H,5-7H2,1-4H3. The third kappa shape index (κ3) is 6.61. The van der Waals surface area contributed by atoms with E-state index in [4.69, 9.17) is 0 Å². The monoisotopic (exact) mass is 193 g/mol. The normalized spacial score (nSPS) is 13.3. The average Bonchev–Trinajstić information content (AvgIpc) is 1.84. The van der Waals surface area contributed by atoms with Crippen molar-refractivity contribution in [2.45, 2.75) is 33.6 Å². The third-order valence-electron chi connectivity index (χ3n) is 2.12. The SMILES string of the molecule is CCC(C)(C)CCNS(C)(=O)=O. The highest BCUT2D eigenvalue weighted by Crippen LogP contribution is 2.23. The van der Waals surface area contributed by atoms with E-state index in [9.17, 15) is 8.42 Å². The first-order valence-electron chi connectivity index (χ1n) is 4.21. The van der Waals surface area contributed by atoms with Crippen molar-refractivity contribution in [3.8, 4) is 0 Å². The zero-order valence-corrected chi connectivity index (χ0v) is 9.16. The van der Waals surface area contributed by atoms with Crippen LogP contribution in [0.3, 0.4) is 0 Å². The maximum absolute atomic E-state index is 10.7. The molecule has 1 N–H and O–H groups in total. The molecule has 0 bridgehead atoms. The lowest BCUT2D eigenvalue weighted by Crippen LogP contribution is -2.26. The molecule has 0 spiro atoms. The average molecular weight is 193 g/mol. The van der Waals surface area contributed by atoms with Gasteiger partial charge < -0.3 is 0 Å². The van der Waals surface area contributed by atoms with Gasteiger partial charge in [0.15, 0.2) is 0 Å². The van der Waals surface area contributed by atoms with E-state index in [1.54, 1.807) is 0 Å². The summed E-state index contributed by atoms with van der Waals surface area (Å²) in [6, 6.07) is 0. The minimum Gasteiger partial charge on any atom is -0.215 e. The minimum absolute atomic E-state index is 0.234. The summed E-state index contributed by atoms with van der Waals surface area (Å²) in [6.45, 7) is 6.92. The molecule has 0 amide bonds. The van der Waals surface area contributed by atoms with Crippen LogP contribution < -0.4 is 4.72 Å². The van der Waals surface area contributed by atoms with E-state index in [-0.39, 0.29) is 5.41 Å². The van der Waals surface area contributed by atoms with Crippen molar-refractivity contribution < 1.29 is 8.42 Å². The van der Waals surface area contributed by atoms with Crippen LogP contribution in [0.15, 0.2) is 0 Å². The molecule has 0 rings (SSSR count). The second-order valence-electron chi connectivity index (χ2n) is 3.93. The lowest BCUT2D eigenvalue weighted by atomic mass is 9.87. The summed E-state index contributed by atoms with van der Waals surface area (Å²) in [7, 11) is -3.00. The summed E-state index contributed by atoms with van der Waals surface area (Å²) in [4.78, 5) is 0. The van der Waals surface area contributed by atoms with Crippen LogP contribution in [0.25, 0.3) is 0 Å². The third-order valence-corrected chi connectivity index (χ3v) is 2.85. The Labute approximate surface area is 75.6 Å². The van der Waals surface area contributed by atoms with Crippen molar-refractivity contribution >= 4 is 10.0 Å². The molecule has 0 aliphatic carbocycles. The van der Waals surface area contributed by atoms with Crippen LogP contribution in [0.2, 0.25) is 0 Å². The van der Waals surface area contributed by atoms with Gasteiger partial charge in [0.25, 0.3) is 0 Å². The fraction of sp³-hybridized carbons (Fsp3) is 1.00. The van der Waals surface area contributed by atoms with Crippen molar-refractivity contribution in [1.29, 1.82) is 0 Å². The van der Waals surface area contributed by atoms with Gasteiger partial charge in [0.05, 0.1) is 6.26 Å². The lowest BCUT2D eigenvalue weighted by molar-refractivity contribution is 0.323. The Morgan fingerprint density at radius 1 is 1.33 bits per heavy atom. The number of rotatable bonds is 5. The van der Waals surface area contributed by atoms with Gasteiger partial charge in [-0.25, -0.2) is 13.1 Å². The first kappa shape index (κ1) is 11.9. The summed E-state index contributed by atoms with van der Waals surface area (Å²) in [5, 5.41) is 0. The molecule has 0 unspecified atom stereocenters. The second kappa shape index (κ2) is 4.23. The van der Waals surface area contributed by atoms with Gasteiger partial charge in [-0.3, -0.25) is 0 Å². The molecule has 0 aromatic rings.